The van der Waals surface area contributed by atoms with Gasteiger partial charge in [-0.3, -0.25) is 13.9 Å². The third-order valence-electron chi connectivity index (χ3n) is 4.23. The lowest BCUT2D eigenvalue weighted by molar-refractivity contribution is 0.107. The van der Waals surface area contributed by atoms with Crippen molar-refractivity contribution in [3.8, 4) is 5.88 Å². The topological polar surface area (TPSA) is 163 Å². The normalized spacial score (nSPS) is 14.4. The number of aromatic nitrogens is 1. The Morgan fingerprint density at radius 1 is 0.929 bits per heavy atom. The molecular weight excluding hydrogens is 412 g/mol. The second-order valence-electron chi connectivity index (χ2n) is 5.87. The van der Waals surface area contributed by atoms with Crippen LogP contribution in [-0.2, 0) is 20.4 Å². The van der Waals surface area contributed by atoms with E-state index in [0.29, 0.717) is 0 Å². The summed E-state index contributed by atoms with van der Waals surface area (Å²) in [5.74, 6) is -1.81. The molecule has 0 spiro atoms. The quantitative estimate of drug-likeness (QED) is 0.535. The third-order valence-corrected chi connectivity index (χ3v) is 5.96. The van der Waals surface area contributed by atoms with Gasteiger partial charge >= 0.3 is 10.3 Å². The van der Waals surface area contributed by atoms with Crippen LogP contribution in [0.15, 0.2) is 52.4 Å². The second-order valence-corrected chi connectivity index (χ2v) is 8.52. The zero-order valence-corrected chi connectivity index (χ0v) is 15.3. The van der Waals surface area contributed by atoms with Crippen LogP contribution >= 0.6 is 0 Å². The van der Waals surface area contributed by atoms with Gasteiger partial charge in [-0.05, 0) is 24.3 Å². The Morgan fingerprint density at radius 2 is 1.61 bits per heavy atom. The molecule has 2 heterocycles. The van der Waals surface area contributed by atoms with Crippen LogP contribution in [0.2, 0.25) is 0 Å². The van der Waals surface area contributed by atoms with Crippen LogP contribution in [-0.4, -0.2) is 46.5 Å². The summed E-state index contributed by atoms with van der Waals surface area (Å²) in [6, 6.07) is 9.28. The Morgan fingerprint density at radius 3 is 2.21 bits per heavy atom. The van der Waals surface area contributed by atoms with E-state index in [4.69, 9.17) is 0 Å². The summed E-state index contributed by atoms with van der Waals surface area (Å²) in [5, 5.41) is 10.0. The molecule has 0 saturated carbocycles. The van der Waals surface area contributed by atoms with E-state index in [2.05, 4.69) is 4.99 Å². The van der Waals surface area contributed by atoms with Crippen molar-refractivity contribution in [3.05, 3.63) is 53.6 Å². The molecule has 0 amide bonds. The van der Waals surface area contributed by atoms with Crippen LogP contribution in [0.25, 0.3) is 10.9 Å². The average Bonchev–Trinajstić information content (AvgIpc) is 3.07. The predicted molar refractivity (Wildman–Crippen MR) is 97.3 cm³/mol. The summed E-state index contributed by atoms with van der Waals surface area (Å²) >= 11 is 0. The van der Waals surface area contributed by atoms with E-state index >= 15 is 0 Å². The zero-order valence-electron chi connectivity index (χ0n) is 13.6. The van der Waals surface area contributed by atoms with Gasteiger partial charge in [0.15, 0.2) is 0 Å². The molecule has 10 nitrogen and oxygen atoms in total. The molecule has 0 unspecified atom stereocenters. The molecule has 0 radical (unpaired) electrons. The summed E-state index contributed by atoms with van der Waals surface area (Å²) in [6.07, 6.45) is 0. The van der Waals surface area contributed by atoms with Crippen LogP contribution < -0.4 is 0 Å². The maximum absolute atomic E-state index is 12.7. The molecule has 144 valence electrons. The van der Waals surface area contributed by atoms with Crippen molar-refractivity contribution < 1.29 is 35.8 Å². The van der Waals surface area contributed by atoms with Crippen molar-refractivity contribution in [2.45, 2.75) is 4.90 Å². The molecule has 28 heavy (non-hydrogen) atoms. The van der Waals surface area contributed by atoms with Crippen molar-refractivity contribution >= 4 is 48.5 Å². The number of aliphatic imine (C=N–C) groups is 1. The first kappa shape index (κ1) is 18.3. The number of rotatable bonds is 3. The maximum atomic E-state index is 12.7. The molecule has 0 aliphatic carbocycles. The van der Waals surface area contributed by atoms with Gasteiger partial charge in [0.2, 0.25) is 11.7 Å². The number of fused-ring (bicyclic) bond motifs is 2. The van der Waals surface area contributed by atoms with Crippen LogP contribution in [0, 0.1) is 0 Å². The highest BCUT2D eigenvalue weighted by molar-refractivity contribution is 7.86. The number of nitrogens with zero attached hydrogens (tertiary/aromatic N) is 2. The summed E-state index contributed by atoms with van der Waals surface area (Å²) in [7, 11) is -9.97. The molecule has 1 aliphatic rings. The molecule has 4 rings (SSSR count). The lowest BCUT2D eigenvalue weighted by atomic mass is 10.0. The molecule has 3 N–H and O–H groups in total. The maximum Gasteiger partial charge on any atom is 0.366 e. The van der Waals surface area contributed by atoms with Gasteiger partial charge in [0, 0.05) is 10.9 Å². The number of aromatic hydroxyl groups is 1. The number of hydrogen-bond donors (Lipinski definition) is 3. The number of hydrogen-bond acceptors (Lipinski definition) is 7. The molecule has 0 fully saturated rings. The molecule has 12 heteroatoms. The minimum atomic E-state index is -5.09. The summed E-state index contributed by atoms with van der Waals surface area (Å²) in [6.45, 7) is 0. The lowest BCUT2D eigenvalue weighted by Gasteiger charge is -2.03. The zero-order chi connectivity index (χ0) is 20.4. The highest BCUT2D eigenvalue weighted by Crippen LogP contribution is 2.40. The lowest BCUT2D eigenvalue weighted by Crippen LogP contribution is -2.13. The number of para-hydroxylation sites is 1. The van der Waals surface area contributed by atoms with Gasteiger partial charge in [-0.15, -0.1) is 0 Å². The van der Waals surface area contributed by atoms with E-state index < -0.39 is 59.2 Å². The van der Waals surface area contributed by atoms with E-state index in [1.807, 2.05) is 0 Å². The van der Waals surface area contributed by atoms with Crippen LogP contribution in [0.5, 0.6) is 5.88 Å². The van der Waals surface area contributed by atoms with E-state index in [0.717, 1.165) is 18.2 Å². The van der Waals surface area contributed by atoms with E-state index in [9.17, 15) is 35.8 Å². The van der Waals surface area contributed by atoms with Crippen LogP contribution in [0.4, 0.5) is 5.69 Å². The summed E-state index contributed by atoms with van der Waals surface area (Å²) in [5.41, 5.74) is -1.03. The molecule has 3 aromatic rings. The highest BCUT2D eigenvalue weighted by Gasteiger charge is 2.36. The monoisotopic (exact) mass is 422 g/mol. The SMILES string of the molecule is O=C1C(c2c(O)n(S(=O)(=O)O)c3cccc(S(=O)(=O)O)c23)=Nc2ccccc21. The summed E-state index contributed by atoms with van der Waals surface area (Å²) in [4.78, 5) is 16.1. The van der Waals surface area contributed by atoms with Gasteiger partial charge in [0.1, 0.15) is 10.6 Å². The first-order valence-corrected chi connectivity index (χ1v) is 10.4. The van der Waals surface area contributed by atoms with Gasteiger partial charge < -0.3 is 5.11 Å². The van der Waals surface area contributed by atoms with E-state index in [1.54, 1.807) is 12.1 Å². The smallest absolute Gasteiger partial charge is 0.366 e. The molecule has 1 aliphatic heterocycles. The molecule has 0 saturated heterocycles. The van der Waals surface area contributed by atoms with Crippen LogP contribution in [0.3, 0.4) is 0 Å². The molecule has 0 bridgehead atoms. The third kappa shape index (κ3) is 2.54. The first-order chi connectivity index (χ1) is 13.0. The number of benzene rings is 2. The fourth-order valence-corrected chi connectivity index (χ4v) is 4.60. The van der Waals surface area contributed by atoms with Gasteiger partial charge in [0.05, 0.1) is 16.8 Å². The highest BCUT2D eigenvalue weighted by atomic mass is 32.2. The van der Waals surface area contributed by atoms with Gasteiger partial charge in [-0.2, -0.15) is 20.8 Å². The number of Topliss-reactive ketones (excluding diaryl/α,β-unsaturated/α-hetero) is 1. The minimum absolute atomic E-state index is 0.0606. The van der Waals surface area contributed by atoms with Gasteiger partial charge in [0.25, 0.3) is 10.1 Å². The van der Waals surface area contributed by atoms with Crippen molar-refractivity contribution in [1.29, 1.82) is 0 Å². The fourth-order valence-electron chi connectivity index (χ4n) is 3.17. The van der Waals surface area contributed by atoms with Crippen molar-refractivity contribution in [2.75, 3.05) is 0 Å². The van der Waals surface area contributed by atoms with Crippen molar-refractivity contribution in [2.24, 2.45) is 4.99 Å². The standard InChI is InChI=1S/C16H10N2O8S2/c19-15-8-4-1-2-5-9(8)17-14(15)13-12-10(18(16(13)20)28(24,25)26)6-3-7-11(12)27(21,22)23/h1-7,20H,(H,21,22,23)(H,24,25,26). The molecule has 2 aromatic carbocycles. The molecule has 0 atom stereocenters. The largest absolute Gasteiger partial charge is 0.493 e. The Hall–Kier alpha value is -3.06. The molecule has 1 aromatic heterocycles. The number of ketones is 1. The number of carbonyl (C=O) groups is 1. The predicted octanol–water partition coefficient (Wildman–Crippen LogP) is 1.56. The first-order valence-electron chi connectivity index (χ1n) is 7.56. The average molecular weight is 422 g/mol. The Kier molecular flexibility index (Phi) is 3.74. The Balaban J connectivity index is 2.19. The van der Waals surface area contributed by atoms with Gasteiger partial charge in [-0.25, -0.2) is 4.99 Å². The summed E-state index contributed by atoms with van der Waals surface area (Å²) < 4.78 is 66.3. The van der Waals surface area contributed by atoms with Crippen molar-refractivity contribution in [1.82, 2.24) is 3.97 Å². The van der Waals surface area contributed by atoms with Crippen molar-refractivity contribution in [3.63, 3.8) is 0 Å². The Bertz CT molecular complexity index is 1430. The van der Waals surface area contributed by atoms with Crippen LogP contribution in [0.1, 0.15) is 15.9 Å². The van der Waals surface area contributed by atoms with E-state index in [-0.39, 0.29) is 15.2 Å². The second kappa shape index (κ2) is 5.72. The fraction of sp³-hybridized carbons (Fsp3) is 0. The number of carbonyl (C=O) groups excluding carboxylic acids is 1. The minimum Gasteiger partial charge on any atom is -0.493 e. The van der Waals surface area contributed by atoms with Gasteiger partial charge in [-0.1, -0.05) is 18.2 Å². The molecular formula is C16H10N2O8S2. The Labute approximate surface area is 158 Å². The van der Waals surface area contributed by atoms with E-state index in [1.165, 1.54) is 12.1 Å².